The lowest BCUT2D eigenvalue weighted by atomic mass is 9.86. The van der Waals surface area contributed by atoms with Crippen molar-refractivity contribution >= 4 is 29.3 Å². The number of rotatable bonds is 9. The van der Waals surface area contributed by atoms with Crippen molar-refractivity contribution in [3.63, 3.8) is 0 Å². The van der Waals surface area contributed by atoms with E-state index in [4.69, 9.17) is 14.2 Å². The van der Waals surface area contributed by atoms with Gasteiger partial charge in [0, 0.05) is 18.0 Å². The van der Waals surface area contributed by atoms with Crippen LogP contribution in [0.1, 0.15) is 30.4 Å². The molecule has 1 aliphatic heterocycles. The molecule has 2 amide bonds. The molecule has 34 heavy (non-hydrogen) atoms. The second-order valence-corrected chi connectivity index (χ2v) is 8.45. The summed E-state index contributed by atoms with van der Waals surface area (Å²) in [7, 11) is 4.52. The molecule has 1 atom stereocenters. The average Bonchev–Trinajstić information content (AvgIpc) is 2.86. The molecule has 0 spiro atoms. The second-order valence-electron chi connectivity index (χ2n) is 7.47. The van der Waals surface area contributed by atoms with Crippen LogP contribution in [0.3, 0.4) is 0 Å². The van der Waals surface area contributed by atoms with E-state index in [0.717, 1.165) is 29.4 Å². The number of nitrogens with zero attached hydrogens (tertiary/aromatic N) is 1. The van der Waals surface area contributed by atoms with Gasteiger partial charge in [-0.1, -0.05) is 36.9 Å². The van der Waals surface area contributed by atoms with E-state index in [2.05, 4.69) is 16.7 Å². The average molecular weight is 482 g/mol. The number of nitriles is 1. The quantitative estimate of drug-likeness (QED) is 0.557. The third-order valence-corrected chi connectivity index (χ3v) is 6.48. The number of nitrogens with one attached hydrogen (secondary N) is 2. The minimum absolute atomic E-state index is 0.0425. The van der Waals surface area contributed by atoms with E-state index in [1.807, 2.05) is 31.2 Å². The first kappa shape index (κ1) is 25.0. The normalized spacial score (nSPS) is 15.3. The van der Waals surface area contributed by atoms with E-state index in [9.17, 15) is 14.9 Å². The van der Waals surface area contributed by atoms with E-state index in [-0.39, 0.29) is 24.0 Å². The van der Waals surface area contributed by atoms with Crippen molar-refractivity contribution < 1.29 is 23.8 Å². The van der Waals surface area contributed by atoms with Crippen LogP contribution in [0.25, 0.3) is 0 Å². The number of benzene rings is 2. The predicted octanol–water partition coefficient (Wildman–Crippen LogP) is 3.99. The molecule has 0 fully saturated rings. The maximum atomic E-state index is 12.6. The van der Waals surface area contributed by atoms with Crippen molar-refractivity contribution in [2.75, 3.05) is 32.4 Å². The molecule has 0 bridgehead atoms. The van der Waals surface area contributed by atoms with Gasteiger partial charge >= 0.3 is 0 Å². The summed E-state index contributed by atoms with van der Waals surface area (Å²) in [5, 5.41) is 16.0. The Morgan fingerprint density at radius 2 is 1.85 bits per heavy atom. The minimum atomic E-state index is -0.515. The van der Waals surface area contributed by atoms with E-state index < -0.39 is 5.92 Å². The number of amides is 2. The van der Waals surface area contributed by atoms with Gasteiger partial charge in [-0.25, -0.2) is 0 Å². The zero-order valence-electron chi connectivity index (χ0n) is 19.6. The van der Waals surface area contributed by atoms with Crippen LogP contribution in [0, 0.1) is 11.3 Å². The van der Waals surface area contributed by atoms with Crippen LogP contribution in [-0.4, -0.2) is 38.9 Å². The predicted molar refractivity (Wildman–Crippen MR) is 131 cm³/mol. The Labute approximate surface area is 203 Å². The Kier molecular flexibility index (Phi) is 8.44. The zero-order chi connectivity index (χ0) is 24.7. The lowest BCUT2D eigenvalue weighted by Gasteiger charge is -2.26. The summed E-state index contributed by atoms with van der Waals surface area (Å²) in [6.45, 7) is 2.02. The van der Waals surface area contributed by atoms with Crippen LogP contribution in [0.4, 0.5) is 5.69 Å². The minimum Gasteiger partial charge on any atom is -0.493 e. The van der Waals surface area contributed by atoms with Gasteiger partial charge in [-0.2, -0.15) is 5.26 Å². The lowest BCUT2D eigenvalue weighted by molar-refractivity contribution is -0.121. The Morgan fingerprint density at radius 3 is 2.44 bits per heavy atom. The number of carbonyl (C=O) groups is 2. The van der Waals surface area contributed by atoms with Crippen LogP contribution in [0.15, 0.2) is 47.0 Å². The van der Waals surface area contributed by atoms with E-state index >= 15 is 0 Å². The first-order valence-corrected chi connectivity index (χ1v) is 11.7. The van der Waals surface area contributed by atoms with Crippen LogP contribution >= 0.6 is 11.8 Å². The second kappa shape index (κ2) is 11.5. The van der Waals surface area contributed by atoms with Gasteiger partial charge in [-0.15, -0.1) is 0 Å². The summed E-state index contributed by atoms with van der Waals surface area (Å²) >= 11 is 1.13. The van der Waals surface area contributed by atoms with Gasteiger partial charge in [-0.3, -0.25) is 9.59 Å². The van der Waals surface area contributed by atoms with Gasteiger partial charge in [0.2, 0.25) is 17.6 Å². The zero-order valence-corrected chi connectivity index (χ0v) is 20.4. The highest BCUT2D eigenvalue weighted by atomic mass is 32.2. The number of hydrogen-bond acceptors (Lipinski definition) is 7. The van der Waals surface area contributed by atoms with Gasteiger partial charge in [0.1, 0.15) is 0 Å². The van der Waals surface area contributed by atoms with Gasteiger partial charge in [0.05, 0.1) is 43.8 Å². The van der Waals surface area contributed by atoms with Gasteiger partial charge in [-0.05, 0) is 35.7 Å². The molecule has 2 N–H and O–H groups in total. The molecule has 9 heteroatoms. The van der Waals surface area contributed by atoms with Crippen molar-refractivity contribution in [2.24, 2.45) is 0 Å². The molecule has 178 valence electrons. The number of methoxy groups -OCH3 is 3. The van der Waals surface area contributed by atoms with Crippen molar-refractivity contribution in [1.29, 1.82) is 5.26 Å². The number of ether oxygens (including phenoxy) is 3. The lowest BCUT2D eigenvalue weighted by Crippen LogP contribution is -2.31. The molecule has 1 unspecified atom stereocenters. The number of allylic oxidation sites excluding steroid dienone is 1. The number of anilines is 1. The number of hydrogen-bond donors (Lipinski definition) is 2. The molecular formula is C25H27N3O5S. The molecule has 1 heterocycles. The fourth-order valence-corrected chi connectivity index (χ4v) is 4.67. The molecule has 1 aliphatic rings. The summed E-state index contributed by atoms with van der Waals surface area (Å²) < 4.78 is 16.2. The number of carbonyl (C=O) groups excluding carboxylic acids is 2. The van der Waals surface area contributed by atoms with E-state index in [1.54, 1.807) is 12.1 Å². The Hall–Kier alpha value is -3.64. The smallest absolute Gasteiger partial charge is 0.234 e. The van der Waals surface area contributed by atoms with Crippen molar-refractivity contribution in [3.8, 4) is 23.3 Å². The first-order valence-electron chi connectivity index (χ1n) is 10.7. The van der Waals surface area contributed by atoms with E-state index in [1.165, 1.54) is 21.3 Å². The fraction of sp³-hybridized carbons (Fsp3) is 0.320. The monoisotopic (exact) mass is 481 g/mol. The van der Waals surface area contributed by atoms with Gasteiger partial charge in [0.25, 0.3) is 0 Å². The Balaban J connectivity index is 1.86. The molecule has 0 aromatic heterocycles. The molecule has 0 radical (unpaired) electrons. The molecule has 3 rings (SSSR count). The number of para-hydroxylation sites is 1. The fourth-order valence-electron chi connectivity index (χ4n) is 3.79. The summed E-state index contributed by atoms with van der Waals surface area (Å²) in [5.41, 5.74) is 2.85. The SMILES string of the molecule is CCc1ccccc1NC(=O)CSC1=C(C#N)C(c2cc(OC)c(OC)c(OC)c2)CC(=O)N1. The maximum absolute atomic E-state index is 12.6. The summed E-state index contributed by atoms with van der Waals surface area (Å²) in [5.74, 6) is 0.359. The molecule has 2 aromatic rings. The number of thioether (sulfide) groups is 1. The van der Waals surface area contributed by atoms with Crippen molar-refractivity contribution in [2.45, 2.75) is 25.7 Å². The highest BCUT2D eigenvalue weighted by molar-refractivity contribution is 8.03. The third-order valence-electron chi connectivity index (χ3n) is 5.47. The molecule has 0 saturated carbocycles. The highest BCUT2D eigenvalue weighted by Crippen LogP contribution is 2.44. The van der Waals surface area contributed by atoms with Crippen molar-refractivity contribution in [3.05, 3.63) is 58.1 Å². The van der Waals surface area contributed by atoms with Crippen LogP contribution in [-0.2, 0) is 16.0 Å². The van der Waals surface area contributed by atoms with E-state index in [0.29, 0.717) is 33.4 Å². The summed E-state index contributed by atoms with van der Waals surface area (Å²) in [6.07, 6.45) is 0.877. The summed E-state index contributed by atoms with van der Waals surface area (Å²) in [6, 6.07) is 13.3. The third kappa shape index (κ3) is 5.46. The molecule has 2 aromatic carbocycles. The molecular weight excluding hydrogens is 454 g/mol. The highest BCUT2D eigenvalue weighted by Gasteiger charge is 2.31. The largest absolute Gasteiger partial charge is 0.493 e. The first-order chi connectivity index (χ1) is 16.4. The van der Waals surface area contributed by atoms with Crippen LogP contribution in [0.5, 0.6) is 17.2 Å². The summed E-state index contributed by atoms with van der Waals surface area (Å²) in [4.78, 5) is 25.1. The Morgan fingerprint density at radius 1 is 1.18 bits per heavy atom. The van der Waals surface area contributed by atoms with Crippen LogP contribution in [0.2, 0.25) is 0 Å². The molecule has 8 nitrogen and oxygen atoms in total. The number of aryl methyl sites for hydroxylation is 1. The standard InChI is InChI=1S/C25H27N3O5S/c1-5-15-8-6-7-9-19(15)27-23(30)14-34-25-18(13-26)17(12-22(29)28-25)16-10-20(31-2)24(33-4)21(11-16)32-3/h6-11,17H,5,12,14H2,1-4H3,(H,27,30)(H,28,29). The topological polar surface area (TPSA) is 110 Å². The molecule has 0 saturated heterocycles. The van der Waals surface area contributed by atoms with Gasteiger partial charge in [0.15, 0.2) is 11.5 Å². The Bertz CT molecular complexity index is 1130. The van der Waals surface area contributed by atoms with Crippen molar-refractivity contribution in [1.82, 2.24) is 5.32 Å². The van der Waals surface area contributed by atoms with Gasteiger partial charge < -0.3 is 24.8 Å². The molecule has 0 aliphatic carbocycles. The maximum Gasteiger partial charge on any atom is 0.234 e. The van der Waals surface area contributed by atoms with Crippen LogP contribution < -0.4 is 24.8 Å².